The molecule has 0 spiro atoms. The molecule has 0 saturated heterocycles. The van der Waals surface area contributed by atoms with Crippen LogP contribution in [0.1, 0.15) is 40.4 Å². The van der Waals surface area contributed by atoms with Crippen LogP contribution in [0, 0.1) is 17.3 Å². The molecule has 2 aromatic carbocycles. The number of carbonyl (C=O) groups is 1. The van der Waals surface area contributed by atoms with Gasteiger partial charge in [-0.25, -0.2) is 14.4 Å². The summed E-state index contributed by atoms with van der Waals surface area (Å²) in [6.45, 7) is -0.0404. The third-order valence-electron chi connectivity index (χ3n) is 6.76. The first-order valence-corrected chi connectivity index (χ1v) is 11.1. The van der Waals surface area contributed by atoms with Gasteiger partial charge in [0.05, 0.1) is 35.0 Å². The smallest absolute Gasteiger partial charge is 0.254 e. The fourth-order valence-electron chi connectivity index (χ4n) is 4.39. The van der Waals surface area contributed by atoms with Crippen molar-refractivity contribution in [2.45, 2.75) is 18.9 Å². The average Bonchev–Trinajstić information content (AvgIpc) is 3.26. The Bertz CT molecular complexity index is 1530. The van der Waals surface area contributed by atoms with Crippen molar-refractivity contribution in [2.75, 3.05) is 26.1 Å². The van der Waals surface area contributed by atoms with E-state index in [1.807, 2.05) is 28.7 Å². The standard InChI is InChI=1S/C26H22FN5O2/c1-31(22-13-34-23-10-16(2-4-18(22)23)6-7-26(14-27)8-9-26)25(33)17-3-5-19-20(11-17)32-15-29-12-21(32)24(28)30-19/h2-5,10-12,15,22H,8-9,13-14H2,1H3,(H2,28,30). The quantitative estimate of drug-likeness (QED) is 0.476. The third kappa shape index (κ3) is 3.24. The number of carbonyl (C=O) groups excluding carboxylic acids is 1. The zero-order chi connectivity index (χ0) is 23.4. The largest absolute Gasteiger partial charge is 0.491 e. The highest BCUT2D eigenvalue weighted by Gasteiger charge is 2.41. The van der Waals surface area contributed by atoms with Crippen molar-refractivity contribution in [1.82, 2.24) is 19.3 Å². The molecule has 2 aliphatic rings. The van der Waals surface area contributed by atoms with Gasteiger partial charge in [0.15, 0.2) is 0 Å². The maximum Gasteiger partial charge on any atom is 0.254 e. The molecule has 3 heterocycles. The summed E-state index contributed by atoms with van der Waals surface area (Å²) in [5, 5.41) is 0. The van der Waals surface area contributed by atoms with Gasteiger partial charge in [-0.15, -0.1) is 0 Å². The first-order valence-electron chi connectivity index (χ1n) is 11.1. The monoisotopic (exact) mass is 455 g/mol. The van der Waals surface area contributed by atoms with Crippen LogP contribution < -0.4 is 10.5 Å². The van der Waals surface area contributed by atoms with E-state index in [9.17, 15) is 9.18 Å². The minimum absolute atomic E-state index is 0.129. The molecule has 1 aliphatic carbocycles. The Morgan fingerprint density at radius 1 is 1.29 bits per heavy atom. The molecule has 1 amide bonds. The van der Waals surface area contributed by atoms with E-state index in [1.54, 1.807) is 36.6 Å². The number of ether oxygens (including phenoxy) is 1. The number of rotatable bonds is 3. The molecular weight excluding hydrogens is 433 g/mol. The van der Waals surface area contributed by atoms with E-state index in [1.165, 1.54) is 0 Å². The summed E-state index contributed by atoms with van der Waals surface area (Å²) in [5.41, 5.74) is 9.97. The van der Waals surface area contributed by atoms with Crippen LogP contribution >= 0.6 is 0 Å². The number of nitrogens with zero attached hydrogens (tertiary/aromatic N) is 4. The van der Waals surface area contributed by atoms with E-state index in [4.69, 9.17) is 10.5 Å². The predicted octanol–water partition coefficient (Wildman–Crippen LogP) is 3.77. The van der Waals surface area contributed by atoms with Crippen molar-refractivity contribution >= 4 is 28.3 Å². The topological polar surface area (TPSA) is 85.8 Å². The number of amides is 1. The number of hydrogen-bond acceptors (Lipinski definition) is 5. The number of aromatic nitrogens is 3. The van der Waals surface area contributed by atoms with Crippen LogP contribution in [0.25, 0.3) is 16.6 Å². The molecule has 8 heteroatoms. The van der Waals surface area contributed by atoms with E-state index in [0.717, 1.165) is 29.5 Å². The lowest BCUT2D eigenvalue weighted by Crippen LogP contribution is -2.32. The van der Waals surface area contributed by atoms with Crippen molar-refractivity contribution in [2.24, 2.45) is 5.41 Å². The molecular formula is C26H22FN5O2. The van der Waals surface area contributed by atoms with Gasteiger partial charge in [0.25, 0.3) is 5.91 Å². The van der Waals surface area contributed by atoms with Gasteiger partial charge in [-0.05, 0) is 43.2 Å². The van der Waals surface area contributed by atoms with Gasteiger partial charge in [0.1, 0.15) is 30.4 Å². The van der Waals surface area contributed by atoms with Gasteiger partial charge < -0.3 is 15.4 Å². The molecule has 1 atom stereocenters. The number of alkyl halides is 1. The van der Waals surface area contributed by atoms with Gasteiger partial charge >= 0.3 is 0 Å². The highest BCUT2D eigenvalue weighted by atomic mass is 19.1. The number of nitrogen functional groups attached to an aromatic ring is 1. The maximum atomic E-state index is 13.4. The van der Waals surface area contributed by atoms with Gasteiger partial charge in [-0.3, -0.25) is 9.20 Å². The van der Waals surface area contributed by atoms with Crippen LogP contribution in [0.15, 0.2) is 48.9 Å². The molecule has 4 aromatic rings. The highest BCUT2D eigenvalue weighted by molar-refractivity contribution is 5.98. The van der Waals surface area contributed by atoms with E-state index >= 15 is 0 Å². The lowest BCUT2D eigenvalue weighted by molar-refractivity contribution is 0.0708. The summed E-state index contributed by atoms with van der Waals surface area (Å²) in [7, 11) is 1.77. The molecule has 2 aromatic heterocycles. The fourth-order valence-corrected chi connectivity index (χ4v) is 4.39. The van der Waals surface area contributed by atoms with Crippen molar-refractivity contribution in [3.8, 4) is 17.6 Å². The molecule has 1 saturated carbocycles. The van der Waals surface area contributed by atoms with Crippen LogP contribution in [-0.4, -0.2) is 45.5 Å². The Labute approximate surface area is 195 Å². The van der Waals surface area contributed by atoms with Crippen LogP contribution in [0.3, 0.4) is 0 Å². The third-order valence-corrected chi connectivity index (χ3v) is 6.76. The number of benzene rings is 2. The van der Waals surface area contributed by atoms with Gasteiger partial charge in [0, 0.05) is 23.7 Å². The number of nitrogens with two attached hydrogens (primary N) is 1. The van der Waals surface area contributed by atoms with Crippen molar-refractivity contribution in [3.05, 3.63) is 65.6 Å². The molecule has 0 bridgehead atoms. The molecule has 0 radical (unpaired) electrons. The maximum absolute atomic E-state index is 13.4. The van der Waals surface area contributed by atoms with Gasteiger partial charge in [0.2, 0.25) is 0 Å². The molecule has 7 nitrogen and oxygen atoms in total. The summed E-state index contributed by atoms with van der Waals surface area (Å²) >= 11 is 0. The number of fused-ring (bicyclic) bond motifs is 4. The van der Waals surface area contributed by atoms with Crippen LogP contribution in [-0.2, 0) is 0 Å². The Morgan fingerprint density at radius 2 is 2.15 bits per heavy atom. The minimum atomic E-state index is -0.446. The number of halogens is 1. The number of likely N-dealkylation sites (N-methyl/N-ethyl adjacent to an activating group) is 1. The molecule has 1 fully saturated rings. The summed E-state index contributed by atoms with van der Waals surface area (Å²) in [6.07, 6.45) is 4.94. The minimum Gasteiger partial charge on any atom is -0.491 e. The predicted molar refractivity (Wildman–Crippen MR) is 126 cm³/mol. The lowest BCUT2D eigenvalue weighted by atomic mass is 10.0. The Kier molecular flexibility index (Phi) is 4.49. The van der Waals surface area contributed by atoms with Gasteiger partial charge in [-0.2, -0.15) is 0 Å². The summed E-state index contributed by atoms with van der Waals surface area (Å²) in [4.78, 5) is 23.7. The second-order valence-electron chi connectivity index (χ2n) is 9.01. The highest BCUT2D eigenvalue weighted by Crippen LogP contribution is 2.45. The number of imidazole rings is 1. The second kappa shape index (κ2) is 7.45. The van der Waals surface area contributed by atoms with Crippen molar-refractivity contribution in [3.63, 3.8) is 0 Å². The Hall–Kier alpha value is -4.12. The molecule has 2 N–H and O–H groups in total. The summed E-state index contributed by atoms with van der Waals surface area (Å²) in [5.74, 6) is 7.12. The average molecular weight is 455 g/mol. The molecule has 6 rings (SSSR count). The summed E-state index contributed by atoms with van der Waals surface area (Å²) in [6, 6.07) is 10.9. The van der Waals surface area contributed by atoms with Crippen LogP contribution in [0.5, 0.6) is 5.75 Å². The van der Waals surface area contributed by atoms with Crippen LogP contribution in [0.4, 0.5) is 10.2 Å². The molecule has 34 heavy (non-hydrogen) atoms. The zero-order valence-electron chi connectivity index (χ0n) is 18.6. The molecule has 1 unspecified atom stereocenters. The zero-order valence-corrected chi connectivity index (χ0v) is 18.6. The van der Waals surface area contributed by atoms with E-state index in [-0.39, 0.29) is 11.9 Å². The normalized spacial score (nSPS) is 17.6. The van der Waals surface area contributed by atoms with E-state index in [0.29, 0.717) is 34.8 Å². The Balaban J connectivity index is 1.28. The van der Waals surface area contributed by atoms with Gasteiger partial charge in [-0.1, -0.05) is 17.9 Å². The number of hydrogen-bond donors (Lipinski definition) is 1. The van der Waals surface area contributed by atoms with Crippen LogP contribution in [0.2, 0.25) is 0 Å². The SMILES string of the molecule is CN(C(=O)c1ccc2nc(N)c3cncn3c2c1)C1COc2cc(C#CC3(CF)CC3)ccc21. The van der Waals surface area contributed by atoms with Crippen molar-refractivity contribution in [1.29, 1.82) is 0 Å². The lowest BCUT2D eigenvalue weighted by Gasteiger charge is -2.24. The summed E-state index contributed by atoms with van der Waals surface area (Å²) < 4.78 is 20.8. The van der Waals surface area contributed by atoms with E-state index in [2.05, 4.69) is 21.8 Å². The van der Waals surface area contributed by atoms with Crippen molar-refractivity contribution < 1.29 is 13.9 Å². The van der Waals surface area contributed by atoms with E-state index < -0.39 is 12.1 Å². The molecule has 1 aliphatic heterocycles. The molecule has 170 valence electrons. The second-order valence-corrected chi connectivity index (χ2v) is 9.01. The number of anilines is 1. The first kappa shape index (κ1) is 20.5. The first-order chi connectivity index (χ1) is 16.5. The fraction of sp³-hybridized carbons (Fsp3) is 0.269. The Morgan fingerprint density at radius 3 is 2.94 bits per heavy atom.